The maximum Gasteiger partial charge on any atom is 0.331 e. The third-order valence-electron chi connectivity index (χ3n) is 4.87. The number of aliphatic hydroxyl groups is 1. The van der Waals surface area contributed by atoms with Crippen molar-refractivity contribution in [3.63, 3.8) is 0 Å². The van der Waals surface area contributed by atoms with E-state index in [1.54, 1.807) is 0 Å². The second-order valence-corrected chi connectivity index (χ2v) is 6.89. The van der Waals surface area contributed by atoms with Gasteiger partial charge in [-0.2, -0.15) is 0 Å². The molecule has 1 N–H and O–H groups in total. The maximum atomic E-state index is 12.9. The zero-order valence-electron chi connectivity index (χ0n) is 15.5. The third kappa shape index (κ3) is 4.17. The van der Waals surface area contributed by atoms with Gasteiger partial charge in [-0.15, -0.1) is 0 Å². The number of aromatic nitrogens is 2. The van der Waals surface area contributed by atoms with Crippen LogP contribution >= 0.6 is 0 Å². The normalized spacial score (nSPS) is 18.3. The molecule has 1 unspecified atom stereocenters. The van der Waals surface area contributed by atoms with Gasteiger partial charge < -0.3 is 10.0 Å². The summed E-state index contributed by atoms with van der Waals surface area (Å²) in [5, 5.41) is 10.4. The van der Waals surface area contributed by atoms with Gasteiger partial charge in [0.2, 0.25) is 0 Å². The molecule has 2 heterocycles. The fourth-order valence-corrected chi connectivity index (χ4v) is 3.32. The van der Waals surface area contributed by atoms with Gasteiger partial charge in [-0.25, -0.2) is 4.79 Å². The minimum Gasteiger partial charge on any atom is -0.390 e. The molecule has 0 aliphatic carbocycles. The molecule has 1 aliphatic heterocycles. The third-order valence-corrected chi connectivity index (χ3v) is 4.87. The molecular weight excluding hydrogens is 348 g/mol. The molecule has 1 fully saturated rings. The molecule has 2 aromatic rings. The molecule has 144 valence electrons. The summed E-state index contributed by atoms with van der Waals surface area (Å²) in [7, 11) is 2.83. The van der Waals surface area contributed by atoms with Crippen LogP contribution in [0.3, 0.4) is 0 Å². The van der Waals surface area contributed by atoms with Crippen LogP contribution < -0.4 is 11.2 Å². The summed E-state index contributed by atoms with van der Waals surface area (Å²) < 4.78 is 2.12. The smallest absolute Gasteiger partial charge is 0.331 e. The van der Waals surface area contributed by atoms with E-state index in [1.807, 2.05) is 30.3 Å². The van der Waals surface area contributed by atoms with Crippen LogP contribution in [0.1, 0.15) is 16.1 Å². The van der Waals surface area contributed by atoms with E-state index in [-0.39, 0.29) is 12.2 Å². The number of carbonyl (C=O) groups is 1. The predicted octanol–water partition coefficient (Wildman–Crippen LogP) is -0.597. The van der Waals surface area contributed by atoms with E-state index in [0.29, 0.717) is 26.2 Å². The SMILES string of the molecule is Cn1c(C(=O)N2CCN(Cc3ccccc3)CC(O)C2)cc(=O)n(C)c1=O. The quantitative estimate of drug-likeness (QED) is 0.778. The zero-order chi connectivity index (χ0) is 19.6. The van der Waals surface area contributed by atoms with Gasteiger partial charge in [-0.1, -0.05) is 30.3 Å². The van der Waals surface area contributed by atoms with Crippen molar-refractivity contribution in [2.45, 2.75) is 12.6 Å². The Hall–Kier alpha value is -2.71. The molecule has 1 aliphatic rings. The number of nitrogens with zero attached hydrogens (tertiary/aromatic N) is 4. The number of rotatable bonds is 3. The Labute approximate surface area is 156 Å². The largest absolute Gasteiger partial charge is 0.390 e. The second-order valence-electron chi connectivity index (χ2n) is 6.89. The van der Waals surface area contributed by atoms with Crippen LogP contribution in [0.25, 0.3) is 0 Å². The van der Waals surface area contributed by atoms with Crippen molar-refractivity contribution in [2.24, 2.45) is 14.1 Å². The van der Waals surface area contributed by atoms with Crippen LogP contribution in [0.2, 0.25) is 0 Å². The lowest BCUT2D eigenvalue weighted by Crippen LogP contribution is -2.44. The van der Waals surface area contributed by atoms with Crippen LogP contribution in [0.15, 0.2) is 46.0 Å². The second kappa shape index (κ2) is 7.89. The first-order valence-electron chi connectivity index (χ1n) is 8.87. The fourth-order valence-electron chi connectivity index (χ4n) is 3.32. The summed E-state index contributed by atoms with van der Waals surface area (Å²) in [6.45, 7) is 2.30. The Morgan fingerprint density at radius 1 is 1.07 bits per heavy atom. The summed E-state index contributed by atoms with van der Waals surface area (Å²) in [5.74, 6) is -0.423. The zero-order valence-corrected chi connectivity index (χ0v) is 15.5. The molecule has 3 rings (SSSR count). The molecule has 1 aromatic heterocycles. The van der Waals surface area contributed by atoms with Gasteiger partial charge in [0.15, 0.2) is 0 Å². The van der Waals surface area contributed by atoms with Crippen molar-refractivity contribution < 1.29 is 9.90 Å². The van der Waals surface area contributed by atoms with Crippen LogP contribution in [-0.4, -0.2) is 62.2 Å². The topological polar surface area (TPSA) is 87.8 Å². The highest BCUT2D eigenvalue weighted by Crippen LogP contribution is 2.11. The van der Waals surface area contributed by atoms with Gasteiger partial charge in [-0.3, -0.25) is 23.6 Å². The summed E-state index contributed by atoms with van der Waals surface area (Å²) in [5.41, 5.74) is 0.0969. The Balaban J connectivity index is 1.77. The number of aliphatic hydroxyl groups excluding tert-OH is 1. The van der Waals surface area contributed by atoms with Gasteiger partial charge in [0, 0.05) is 52.9 Å². The molecule has 8 nitrogen and oxygen atoms in total. The van der Waals surface area contributed by atoms with Crippen molar-refractivity contribution in [1.29, 1.82) is 0 Å². The monoisotopic (exact) mass is 372 g/mol. The van der Waals surface area contributed by atoms with Crippen molar-refractivity contribution in [1.82, 2.24) is 18.9 Å². The van der Waals surface area contributed by atoms with Crippen molar-refractivity contribution >= 4 is 5.91 Å². The van der Waals surface area contributed by atoms with Gasteiger partial charge in [0.25, 0.3) is 11.5 Å². The lowest BCUT2D eigenvalue weighted by molar-refractivity contribution is 0.0652. The number of carbonyl (C=O) groups excluding carboxylic acids is 1. The van der Waals surface area contributed by atoms with Crippen LogP contribution in [0.4, 0.5) is 0 Å². The molecule has 0 spiro atoms. The van der Waals surface area contributed by atoms with Crippen molar-refractivity contribution in [2.75, 3.05) is 26.2 Å². The minimum atomic E-state index is -0.705. The summed E-state index contributed by atoms with van der Waals surface area (Å²) in [6.07, 6.45) is -0.705. The van der Waals surface area contributed by atoms with Crippen LogP contribution in [0, 0.1) is 0 Å². The number of hydrogen-bond acceptors (Lipinski definition) is 5. The van der Waals surface area contributed by atoms with Crippen LogP contribution in [0.5, 0.6) is 0 Å². The van der Waals surface area contributed by atoms with Gasteiger partial charge >= 0.3 is 5.69 Å². The number of benzene rings is 1. The molecule has 0 saturated carbocycles. The molecule has 0 radical (unpaired) electrons. The van der Waals surface area contributed by atoms with Crippen molar-refractivity contribution in [3.8, 4) is 0 Å². The molecule has 1 aromatic carbocycles. The standard InChI is InChI=1S/C19H24N4O4/c1-20-16(10-17(25)21(2)19(20)27)18(26)23-9-8-22(12-15(24)13-23)11-14-6-4-3-5-7-14/h3-7,10,15,24H,8-9,11-13H2,1-2H3. The highest BCUT2D eigenvalue weighted by molar-refractivity contribution is 5.92. The van der Waals surface area contributed by atoms with E-state index >= 15 is 0 Å². The maximum absolute atomic E-state index is 12.9. The lowest BCUT2D eigenvalue weighted by Gasteiger charge is -2.23. The highest BCUT2D eigenvalue weighted by atomic mass is 16.3. The Morgan fingerprint density at radius 3 is 2.48 bits per heavy atom. The van der Waals surface area contributed by atoms with Gasteiger partial charge in [0.1, 0.15) is 5.69 Å². The average Bonchev–Trinajstić information content (AvgIpc) is 2.84. The van der Waals surface area contributed by atoms with Gasteiger partial charge in [0.05, 0.1) is 6.10 Å². The Kier molecular flexibility index (Phi) is 5.57. The van der Waals surface area contributed by atoms with E-state index in [4.69, 9.17) is 0 Å². The average molecular weight is 372 g/mol. The number of amides is 1. The molecular formula is C19H24N4O4. The molecule has 8 heteroatoms. The first kappa shape index (κ1) is 19.1. The van der Waals surface area contributed by atoms with E-state index in [0.717, 1.165) is 10.1 Å². The predicted molar refractivity (Wildman–Crippen MR) is 101 cm³/mol. The first-order chi connectivity index (χ1) is 12.9. The molecule has 0 bridgehead atoms. The molecule has 1 amide bonds. The summed E-state index contributed by atoms with van der Waals surface area (Å²) >= 11 is 0. The highest BCUT2D eigenvalue weighted by Gasteiger charge is 2.27. The molecule has 27 heavy (non-hydrogen) atoms. The Bertz CT molecular complexity index is 935. The van der Waals surface area contributed by atoms with Gasteiger partial charge in [-0.05, 0) is 5.56 Å². The number of hydrogen-bond donors (Lipinski definition) is 1. The lowest BCUT2D eigenvalue weighted by atomic mass is 10.2. The van der Waals surface area contributed by atoms with Crippen LogP contribution in [-0.2, 0) is 20.6 Å². The molecule has 1 atom stereocenters. The molecule has 1 saturated heterocycles. The van der Waals surface area contributed by atoms with E-state index in [2.05, 4.69) is 4.90 Å². The van der Waals surface area contributed by atoms with E-state index < -0.39 is 23.3 Å². The summed E-state index contributed by atoms with van der Waals surface area (Å²) in [6, 6.07) is 11.1. The van der Waals surface area contributed by atoms with E-state index in [9.17, 15) is 19.5 Å². The number of β-amino-alcohol motifs (C(OH)–C–C–N with tert-alkyl or cyclic N) is 1. The summed E-state index contributed by atoms with van der Waals surface area (Å²) in [4.78, 5) is 40.5. The minimum absolute atomic E-state index is 0.0341. The van der Waals surface area contributed by atoms with E-state index in [1.165, 1.54) is 29.6 Å². The fraction of sp³-hybridized carbons (Fsp3) is 0.421. The Morgan fingerprint density at radius 2 is 1.78 bits per heavy atom. The first-order valence-corrected chi connectivity index (χ1v) is 8.87. The van der Waals surface area contributed by atoms with Crippen molar-refractivity contribution in [3.05, 3.63) is 68.5 Å².